The molecule has 18 heavy (non-hydrogen) atoms. The van der Waals surface area contributed by atoms with Gasteiger partial charge in [-0.3, -0.25) is 9.36 Å². The van der Waals surface area contributed by atoms with E-state index in [-0.39, 0.29) is 17.8 Å². The first kappa shape index (κ1) is 12.6. The Morgan fingerprint density at radius 3 is 2.67 bits per heavy atom. The highest BCUT2D eigenvalue weighted by atomic mass is 79.9. The Morgan fingerprint density at radius 1 is 1.28 bits per heavy atom. The number of rotatable bonds is 2. The second-order valence-electron chi connectivity index (χ2n) is 3.98. The predicted octanol–water partition coefficient (Wildman–Crippen LogP) is 0.940. The minimum absolute atomic E-state index is 0.172. The van der Waals surface area contributed by atoms with Crippen LogP contribution >= 0.6 is 15.9 Å². The van der Waals surface area contributed by atoms with E-state index in [1.165, 1.54) is 16.8 Å². The van der Waals surface area contributed by atoms with Crippen LogP contribution < -0.4 is 17.0 Å². The fourth-order valence-corrected chi connectivity index (χ4v) is 2.02. The predicted molar refractivity (Wildman–Crippen MR) is 73.6 cm³/mol. The molecule has 0 amide bonds. The molecule has 2 aromatic rings. The molecule has 0 aliphatic heterocycles. The van der Waals surface area contributed by atoms with Gasteiger partial charge in [-0.05, 0) is 17.7 Å². The van der Waals surface area contributed by atoms with Crippen molar-refractivity contribution in [2.45, 2.75) is 6.54 Å². The second-order valence-corrected chi connectivity index (χ2v) is 4.89. The summed E-state index contributed by atoms with van der Waals surface area (Å²) >= 11 is 3.31. The largest absolute Gasteiger partial charge is 0.398 e. The summed E-state index contributed by atoms with van der Waals surface area (Å²) in [7, 11) is 1.60. The summed E-state index contributed by atoms with van der Waals surface area (Å²) in [6.45, 7) is 0.172. The summed E-state index contributed by atoms with van der Waals surface area (Å²) in [5, 5.41) is 0. The Hall–Kier alpha value is -1.82. The Bertz CT molecular complexity index is 703. The Labute approximate surface area is 112 Å². The van der Waals surface area contributed by atoms with Gasteiger partial charge in [0.25, 0.3) is 5.56 Å². The number of nitrogens with zero attached hydrogens (tertiary/aromatic N) is 2. The number of aryl methyl sites for hydroxylation is 1. The number of hydrogen-bond acceptors (Lipinski definition) is 3. The third-order valence-electron chi connectivity index (χ3n) is 2.68. The maximum atomic E-state index is 11.8. The molecular formula is C12H12BrN3O2. The van der Waals surface area contributed by atoms with E-state index >= 15 is 0 Å². The zero-order chi connectivity index (χ0) is 13.3. The van der Waals surface area contributed by atoms with Crippen LogP contribution in [0.2, 0.25) is 0 Å². The highest BCUT2D eigenvalue weighted by Crippen LogP contribution is 2.18. The highest BCUT2D eigenvalue weighted by Gasteiger charge is 2.06. The molecule has 1 aromatic carbocycles. The van der Waals surface area contributed by atoms with Crippen molar-refractivity contribution < 1.29 is 0 Å². The van der Waals surface area contributed by atoms with Crippen molar-refractivity contribution in [3.05, 3.63) is 61.3 Å². The lowest BCUT2D eigenvalue weighted by Crippen LogP contribution is -2.38. The van der Waals surface area contributed by atoms with E-state index in [0.29, 0.717) is 5.69 Å². The first-order valence-corrected chi connectivity index (χ1v) is 6.08. The van der Waals surface area contributed by atoms with Crippen LogP contribution in [0.15, 0.2) is 44.5 Å². The zero-order valence-electron chi connectivity index (χ0n) is 9.76. The highest BCUT2D eigenvalue weighted by molar-refractivity contribution is 9.10. The lowest BCUT2D eigenvalue weighted by Gasteiger charge is -2.09. The van der Waals surface area contributed by atoms with Crippen LogP contribution in [0.25, 0.3) is 0 Å². The zero-order valence-corrected chi connectivity index (χ0v) is 11.3. The summed E-state index contributed by atoms with van der Waals surface area (Å²) in [6.07, 6.45) is 1.45. The fraction of sp³-hybridized carbons (Fsp3) is 0.167. The Morgan fingerprint density at radius 2 is 2.00 bits per heavy atom. The fourth-order valence-electron chi connectivity index (χ4n) is 1.64. The molecule has 0 spiro atoms. The quantitative estimate of drug-likeness (QED) is 0.839. The third kappa shape index (κ3) is 2.38. The van der Waals surface area contributed by atoms with Crippen LogP contribution in [-0.4, -0.2) is 9.13 Å². The van der Waals surface area contributed by atoms with Crippen molar-refractivity contribution in [1.82, 2.24) is 9.13 Å². The van der Waals surface area contributed by atoms with E-state index in [0.717, 1.165) is 14.6 Å². The number of aromatic nitrogens is 2. The molecule has 2 rings (SSSR count). The van der Waals surface area contributed by atoms with Gasteiger partial charge in [0.15, 0.2) is 0 Å². The number of benzene rings is 1. The van der Waals surface area contributed by atoms with Crippen molar-refractivity contribution in [2.24, 2.45) is 7.05 Å². The maximum Gasteiger partial charge on any atom is 0.331 e. The van der Waals surface area contributed by atoms with Gasteiger partial charge in [0.05, 0.1) is 6.54 Å². The first-order valence-electron chi connectivity index (χ1n) is 5.29. The summed E-state index contributed by atoms with van der Waals surface area (Å²) in [5.41, 5.74) is 6.45. The standard InChI is InChI=1S/C12H12BrN3O2/c1-15-5-4-11(17)16(12(15)18)7-8-2-3-9(13)6-10(8)14/h2-6H,7,14H2,1H3. The van der Waals surface area contributed by atoms with Gasteiger partial charge >= 0.3 is 5.69 Å². The number of halogens is 1. The van der Waals surface area contributed by atoms with Crippen LogP contribution in [-0.2, 0) is 13.6 Å². The van der Waals surface area contributed by atoms with E-state index in [1.54, 1.807) is 19.2 Å². The molecule has 6 heteroatoms. The minimum atomic E-state index is -0.357. The first-order chi connectivity index (χ1) is 8.49. The van der Waals surface area contributed by atoms with Crippen LogP contribution in [0.1, 0.15) is 5.56 Å². The average Bonchev–Trinajstić information content (AvgIpc) is 2.32. The third-order valence-corrected chi connectivity index (χ3v) is 3.17. The normalized spacial score (nSPS) is 10.6. The summed E-state index contributed by atoms with van der Waals surface area (Å²) in [5.74, 6) is 0. The van der Waals surface area contributed by atoms with Gasteiger partial charge in [-0.2, -0.15) is 0 Å². The molecule has 0 saturated heterocycles. The van der Waals surface area contributed by atoms with Crippen molar-refractivity contribution in [3.8, 4) is 0 Å². The molecule has 0 unspecified atom stereocenters. The summed E-state index contributed by atoms with van der Waals surface area (Å²) in [4.78, 5) is 23.5. The van der Waals surface area contributed by atoms with Crippen LogP contribution in [0.5, 0.6) is 0 Å². The molecule has 0 fully saturated rings. The van der Waals surface area contributed by atoms with E-state index in [2.05, 4.69) is 15.9 Å². The van der Waals surface area contributed by atoms with Gasteiger partial charge in [-0.15, -0.1) is 0 Å². The molecule has 0 saturated carbocycles. The van der Waals surface area contributed by atoms with E-state index in [1.807, 2.05) is 6.07 Å². The van der Waals surface area contributed by atoms with Crippen molar-refractivity contribution >= 4 is 21.6 Å². The average molecular weight is 310 g/mol. The number of nitrogens with two attached hydrogens (primary N) is 1. The molecule has 5 nitrogen and oxygen atoms in total. The molecule has 0 aliphatic carbocycles. The van der Waals surface area contributed by atoms with Gasteiger partial charge in [-0.1, -0.05) is 22.0 Å². The van der Waals surface area contributed by atoms with Crippen molar-refractivity contribution in [1.29, 1.82) is 0 Å². The molecule has 0 bridgehead atoms. The van der Waals surface area contributed by atoms with Gasteiger partial charge in [0.2, 0.25) is 0 Å². The van der Waals surface area contributed by atoms with Gasteiger partial charge in [0.1, 0.15) is 0 Å². The van der Waals surface area contributed by atoms with E-state index in [4.69, 9.17) is 5.73 Å². The molecular weight excluding hydrogens is 298 g/mol. The molecule has 0 aliphatic rings. The summed E-state index contributed by atoms with van der Waals surface area (Å²) in [6, 6.07) is 6.71. The number of nitrogen functional groups attached to an aromatic ring is 1. The van der Waals surface area contributed by atoms with Crippen LogP contribution in [0, 0.1) is 0 Å². The molecule has 1 aromatic heterocycles. The topological polar surface area (TPSA) is 70.0 Å². The minimum Gasteiger partial charge on any atom is -0.398 e. The lowest BCUT2D eigenvalue weighted by atomic mass is 10.2. The number of anilines is 1. The SMILES string of the molecule is Cn1ccc(=O)n(Cc2ccc(Br)cc2N)c1=O. The van der Waals surface area contributed by atoms with Gasteiger partial charge < -0.3 is 10.3 Å². The lowest BCUT2D eigenvalue weighted by molar-refractivity contribution is 0.640. The molecule has 94 valence electrons. The van der Waals surface area contributed by atoms with Crippen molar-refractivity contribution in [3.63, 3.8) is 0 Å². The monoisotopic (exact) mass is 309 g/mol. The molecule has 2 N–H and O–H groups in total. The van der Waals surface area contributed by atoms with Gasteiger partial charge in [-0.25, -0.2) is 4.79 Å². The molecule has 1 heterocycles. The Balaban J connectivity index is 2.50. The second kappa shape index (κ2) is 4.81. The molecule has 0 atom stereocenters. The van der Waals surface area contributed by atoms with E-state index < -0.39 is 0 Å². The van der Waals surface area contributed by atoms with Crippen LogP contribution in [0.3, 0.4) is 0 Å². The van der Waals surface area contributed by atoms with Crippen LogP contribution in [0.4, 0.5) is 5.69 Å². The summed E-state index contributed by atoms with van der Waals surface area (Å²) < 4.78 is 3.37. The van der Waals surface area contributed by atoms with Crippen molar-refractivity contribution in [2.75, 3.05) is 5.73 Å². The molecule has 0 radical (unpaired) electrons. The Kier molecular flexibility index (Phi) is 3.38. The number of hydrogen-bond donors (Lipinski definition) is 1. The maximum absolute atomic E-state index is 11.8. The van der Waals surface area contributed by atoms with E-state index in [9.17, 15) is 9.59 Å². The van der Waals surface area contributed by atoms with Gasteiger partial charge in [0, 0.05) is 29.5 Å². The smallest absolute Gasteiger partial charge is 0.331 e.